The third kappa shape index (κ3) is 3.85. The molecule has 1 aliphatic rings. The highest BCUT2D eigenvalue weighted by Gasteiger charge is 2.17. The summed E-state index contributed by atoms with van der Waals surface area (Å²) in [5.74, 6) is 0. The first-order valence-corrected chi connectivity index (χ1v) is 6.15. The van der Waals surface area contributed by atoms with Gasteiger partial charge in [0.2, 0.25) is 0 Å². The Labute approximate surface area is 101 Å². The monoisotopic (exact) mass is 237 g/mol. The number of hydrogen-bond acceptors (Lipinski definition) is 4. The molecule has 94 valence electrons. The third-order valence-electron chi connectivity index (χ3n) is 3.12. The quantitative estimate of drug-likeness (QED) is 0.484. The van der Waals surface area contributed by atoms with Gasteiger partial charge >= 0.3 is 0 Å². The Morgan fingerprint density at radius 2 is 2.29 bits per heavy atom. The fourth-order valence-corrected chi connectivity index (χ4v) is 2.11. The Morgan fingerprint density at radius 1 is 1.47 bits per heavy atom. The Bertz CT molecular complexity index is 339. The molecule has 0 aromatic carbocycles. The van der Waals surface area contributed by atoms with E-state index in [1.165, 1.54) is 0 Å². The maximum atomic E-state index is 8.64. The number of ether oxygens (including phenoxy) is 1. The van der Waals surface area contributed by atoms with Crippen LogP contribution in [0.4, 0.5) is 0 Å². The van der Waals surface area contributed by atoms with E-state index in [0.717, 1.165) is 51.0 Å². The molecule has 0 saturated heterocycles. The van der Waals surface area contributed by atoms with Crippen LogP contribution in [0.3, 0.4) is 0 Å². The number of nitrogens with zero attached hydrogens (tertiary/aromatic N) is 3. The van der Waals surface area contributed by atoms with E-state index in [4.69, 9.17) is 9.94 Å². The summed E-state index contributed by atoms with van der Waals surface area (Å²) in [4.78, 5) is 3.99. The zero-order valence-electron chi connectivity index (χ0n) is 9.96. The minimum absolute atomic E-state index is 0.336. The van der Waals surface area contributed by atoms with Gasteiger partial charge in [0.25, 0.3) is 0 Å². The van der Waals surface area contributed by atoms with E-state index in [0.29, 0.717) is 6.10 Å². The number of aryl methyl sites for hydroxylation is 1. The molecular formula is C12H19N3O2. The van der Waals surface area contributed by atoms with Crippen molar-refractivity contribution in [1.29, 1.82) is 0 Å². The Hall–Kier alpha value is -1.36. The summed E-state index contributed by atoms with van der Waals surface area (Å²) >= 11 is 0. The van der Waals surface area contributed by atoms with Gasteiger partial charge in [-0.15, -0.1) is 0 Å². The van der Waals surface area contributed by atoms with Crippen molar-refractivity contribution in [2.75, 3.05) is 6.61 Å². The van der Waals surface area contributed by atoms with Gasteiger partial charge in [0, 0.05) is 25.5 Å². The Kier molecular flexibility index (Phi) is 4.55. The lowest BCUT2D eigenvalue weighted by atomic mass is 9.96. The average Bonchev–Trinajstić information content (AvgIpc) is 2.88. The first kappa shape index (κ1) is 12.1. The molecule has 0 atom stereocenters. The van der Waals surface area contributed by atoms with E-state index in [9.17, 15) is 0 Å². The van der Waals surface area contributed by atoms with Crippen molar-refractivity contribution >= 4 is 5.71 Å². The van der Waals surface area contributed by atoms with Crippen LogP contribution in [0.2, 0.25) is 0 Å². The normalized spacial score (nSPS) is 20.5. The van der Waals surface area contributed by atoms with E-state index in [1.54, 1.807) is 6.20 Å². The van der Waals surface area contributed by atoms with Crippen molar-refractivity contribution in [2.45, 2.75) is 44.8 Å². The number of imidazole rings is 1. The molecule has 0 unspecified atom stereocenters. The van der Waals surface area contributed by atoms with Crippen LogP contribution in [0, 0.1) is 0 Å². The summed E-state index contributed by atoms with van der Waals surface area (Å²) in [6.45, 7) is 1.74. The smallest absolute Gasteiger partial charge is 0.0945 e. The molecule has 0 bridgehead atoms. The van der Waals surface area contributed by atoms with Crippen LogP contribution in [0.1, 0.15) is 32.1 Å². The average molecular weight is 237 g/mol. The van der Waals surface area contributed by atoms with Crippen molar-refractivity contribution in [1.82, 2.24) is 9.55 Å². The van der Waals surface area contributed by atoms with E-state index < -0.39 is 0 Å². The standard InChI is InChI=1S/C12H19N3O2/c16-14-11-2-4-12(5-3-11)17-9-1-7-15-8-6-13-10-15/h6,8,10,12,16H,1-5,7,9H2. The van der Waals surface area contributed by atoms with Crippen LogP contribution in [-0.2, 0) is 11.3 Å². The molecule has 0 amide bonds. The first-order valence-electron chi connectivity index (χ1n) is 6.15. The van der Waals surface area contributed by atoms with E-state index in [-0.39, 0.29) is 0 Å². The van der Waals surface area contributed by atoms with Crippen molar-refractivity contribution in [3.63, 3.8) is 0 Å². The topological polar surface area (TPSA) is 59.6 Å². The zero-order chi connectivity index (χ0) is 11.9. The summed E-state index contributed by atoms with van der Waals surface area (Å²) in [6, 6.07) is 0. The highest BCUT2D eigenvalue weighted by Crippen LogP contribution is 2.19. The van der Waals surface area contributed by atoms with E-state index >= 15 is 0 Å². The minimum atomic E-state index is 0.336. The lowest BCUT2D eigenvalue weighted by Crippen LogP contribution is -2.22. The number of oxime groups is 1. The number of aromatic nitrogens is 2. The molecule has 0 radical (unpaired) electrons. The largest absolute Gasteiger partial charge is 0.411 e. The maximum Gasteiger partial charge on any atom is 0.0945 e. The second-order valence-corrected chi connectivity index (χ2v) is 4.39. The Balaban J connectivity index is 1.57. The van der Waals surface area contributed by atoms with Crippen molar-refractivity contribution in [2.24, 2.45) is 5.16 Å². The van der Waals surface area contributed by atoms with Crippen LogP contribution >= 0.6 is 0 Å². The number of rotatable bonds is 5. The summed E-state index contributed by atoms with van der Waals surface area (Å²) in [6.07, 6.45) is 10.6. The van der Waals surface area contributed by atoms with Gasteiger partial charge in [0.1, 0.15) is 0 Å². The van der Waals surface area contributed by atoms with Gasteiger partial charge < -0.3 is 14.5 Å². The lowest BCUT2D eigenvalue weighted by Gasteiger charge is -2.22. The van der Waals surface area contributed by atoms with Crippen LogP contribution < -0.4 is 0 Å². The highest BCUT2D eigenvalue weighted by molar-refractivity contribution is 5.84. The van der Waals surface area contributed by atoms with E-state index in [2.05, 4.69) is 14.7 Å². The second-order valence-electron chi connectivity index (χ2n) is 4.39. The zero-order valence-corrected chi connectivity index (χ0v) is 9.96. The molecule has 0 spiro atoms. The second kappa shape index (κ2) is 6.39. The summed E-state index contributed by atoms with van der Waals surface area (Å²) in [7, 11) is 0. The lowest BCUT2D eigenvalue weighted by molar-refractivity contribution is 0.0368. The van der Waals surface area contributed by atoms with Gasteiger partial charge in [-0.3, -0.25) is 0 Å². The number of hydrogen-bond donors (Lipinski definition) is 1. The molecule has 1 N–H and O–H groups in total. The van der Waals surface area contributed by atoms with Gasteiger partial charge in [-0.1, -0.05) is 5.16 Å². The minimum Gasteiger partial charge on any atom is -0.411 e. The van der Waals surface area contributed by atoms with Crippen molar-refractivity contribution < 1.29 is 9.94 Å². The highest BCUT2D eigenvalue weighted by atomic mass is 16.5. The van der Waals surface area contributed by atoms with Gasteiger partial charge in [-0.2, -0.15) is 0 Å². The fourth-order valence-electron chi connectivity index (χ4n) is 2.11. The first-order chi connectivity index (χ1) is 8.38. The van der Waals surface area contributed by atoms with Gasteiger partial charge in [-0.05, 0) is 32.1 Å². The van der Waals surface area contributed by atoms with Gasteiger partial charge in [0.05, 0.1) is 18.1 Å². The molecule has 1 fully saturated rings. The Morgan fingerprint density at radius 3 is 2.94 bits per heavy atom. The summed E-state index contributed by atoms with van der Waals surface area (Å²) in [5.41, 5.74) is 0.906. The van der Waals surface area contributed by atoms with Crippen LogP contribution in [-0.4, -0.2) is 33.2 Å². The predicted octanol–water partition coefficient (Wildman–Crippen LogP) is 2.06. The molecule has 2 rings (SSSR count). The van der Waals surface area contributed by atoms with Crippen molar-refractivity contribution in [3.8, 4) is 0 Å². The SMILES string of the molecule is ON=C1CCC(OCCCn2ccnc2)CC1. The maximum absolute atomic E-state index is 8.64. The third-order valence-corrected chi connectivity index (χ3v) is 3.12. The molecule has 1 aromatic heterocycles. The molecular weight excluding hydrogens is 218 g/mol. The molecule has 1 aliphatic carbocycles. The van der Waals surface area contributed by atoms with Crippen LogP contribution in [0.25, 0.3) is 0 Å². The van der Waals surface area contributed by atoms with Gasteiger partial charge in [-0.25, -0.2) is 4.98 Å². The summed E-state index contributed by atoms with van der Waals surface area (Å²) in [5, 5.41) is 11.9. The molecule has 17 heavy (non-hydrogen) atoms. The molecule has 1 aromatic rings. The van der Waals surface area contributed by atoms with Crippen LogP contribution in [0.15, 0.2) is 23.9 Å². The van der Waals surface area contributed by atoms with Crippen LogP contribution in [0.5, 0.6) is 0 Å². The van der Waals surface area contributed by atoms with Gasteiger partial charge in [0.15, 0.2) is 0 Å². The molecule has 1 saturated carbocycles. The summed E-state index contributed by atoms with van der Waals surface area (Å²) < 4.78 is 7.86. The molecule has 0 aliphatic heterocycles. The predicted molar refractivity (Wildman–Crippen MR) is 64.3 cm³/mol. The molecule has 5 nitrogen and oxygen atoms in total. The molecule has 5 heteroatoms. The fraction of sp³-hybridized carbons (Fsp3) is 0.667. The van der Waals surface area contributed by atoms with E-state index in [1.807, 2.05) is 12.5 Å². The van der Waals surface area contributed by atoms with Crippen molar-refractivity contribution in [3.05, 3.63) is 18.7 Å². The molecule has 1 heterocycles.